The molecule has 2 aromatic rings. The van der Waals surface area contributed by atoms with E-state index in [2.05, 4.69) is 12.2 Å². The van der Waals surface area contributed by atoms with Crippen molar-refractivity contribution >= 4 is 5.69 Å². The molecule has 0 aliphatic heterocycles. The molecule has 0 radical (unpaired) electrons. The molecule has 0 bridgehead atoms. The molecule has 3 heteroatoms. The van der Waals surface area contributed by atoms with E-state index in [1.807, 2.05) is 60.7 Å². The third kappa shape index (κ3) is 4.31. The van der Waals surface area contributed by atoms with Crippen molar-refractivity contribution in [3.63, 3.8) is 0 Å². The van der Waals surface area contributed by atoms with Crippen LogP contribution in [0.2, 0.25) is 0 Å². The minimum atomic E-state index is -0.890. The lowest BCUT2D eigenvalue weighted by Gasteiger charge is -2.28. The Morgan fingerprint density at radius 3 is 2.05 bits per heavy atom. The van der Waals surface area contributed by atoms with Crippen LogP contribution in [0.25, 0.3) is 0 Å². The van der Waals surface area contributed by atoms with E-state index in [1.165, 1.54) is 0 Å². The van der Waals surface area contributed by atoms with Gasteiger partial charge in [-0.05, 0) is 24.1 Å². The monoisotopic (exact) mass is 285 g/mol. The molecular formula is C18H23NO2. The molecule has 21 heavy (non-hydrogen) atoms. The topological polar surface area (TPSA) is 52.5 Å². The van der Waals surface area contributed by atoms with Gasteiger partial charge in [-0.1, -0.05) is 61.9 Å². The number of aliphatic hydroxyl groups excluding tert-OH is 2. The van der Waals surface area contributed by atoms with Gasteiger partial charge in [0.1, 0.15) is 12.2 Å². The number of aliphatic hydroxyl groups is 2. The summed E-state index contributed by atoms with van der Waals surface area (Å²) in [5, 5.41) is 24.2. The Hall–Kier alpha value is -1.84. The predicted molar refractivity (Wildman–Crippen MR) is 86.2 cm³/mol. The fraction of sp³-hybridized carbons (Fsp3) is 0.333. The summed E-state index contributed by atoms with van der Waals surface area (Å²) < 4.78 is 0. The molecular weight excluding hydrogens is 262 g/mol. The van der Waals surface area contributed by atoms with E-state index in [0.29, 0.717) is 0 Å². The minimum Gasteiger partial charge on any atom is -0.388 e. The van der Waals surface area contributed by atoms with Crippen molar-refractivity contribution in [2.24, 2.45) is 0 Å². The Labute approximate surface area is 126 Å². The largest absolute Gasteiger partial charge is 0.388 e. The smallest absolute Gasteiger partial charge is 0.107 e. The van der Waals surface area contributed by atoms with Gasteiger partial charge >= 0.3 is 0 Å². The fourth-order valence-corrected chi connectivity index (χ4v) is 2.46. The molecule has 3 N–H and O–H groups in total. The van der Waals surface area contributed by atoms with Crippen LogP contribution in [-0.2, 0) is 0 Å². The molecule has 3 nitrogen and oxygen atoms in total. The summed E-state index contributed by atoms with van der Waals surface area (Å²) in [7, 11) is 0. The Kier molecular flexibility index (Phi) is 5.78. The molecule has 112 valence electrons. The van der Waals surface area contributed by atoms with Crippen molar-refractivity contribution in [2.75, 3.05) is 5.32 Å². The maximum Gasteiger partial charge on any atom is 0.107 e. The molecule has 0 aliphatic carbocycles. The van der Waals surface area contributed by atoms with Crippen LogP contribution in [0.5, 0.6) is 0 Å². The zero-order valence-electron chi connectivity index (χ0n) is 12.3. The average molecular weight is 285 g/mol. The highest BCUT2D eigenvalue weighted by Gasteiger charge is 2.26. The van der Waals surface area contributed by atoms with Crippen molar-refractivity contribution in [2.45, 2.75) is 38.0 Å². The van der Waals surface area contributed by atoms with Crippen LogP contribution < -0.4 is 5.32 Å². The van der Waals surface area contributed by atoms with Crippen LogP contribution in [-0.4, -0.2) is 22.4 Å². The third-order valence-electron chi connectivity index (χ3n) is 3.60. The van der Waals surface area contributed by atoms with Crippen LogP contribution in [0, 0.1) is 0 Å². The van der Waals surface area contributed by atoms with Crippen LogP contribution in [0.1, 0.15) is 31.4 Å². The number of hydrogen-bond acceptors (Lipinski definition) is 3. The Morgan fingerprint density at radius 1 is 0.905 bits per heavy atom. The van der Waals surface area contributed by atoms with Gasteiger partial charge in [0.05, 0.1) is 6.04 Å². The van der Waals surface area contributed by atoms with Gasteiger partial charge in [-0.2, -0.15) is 0 Å². The van der Waals surface area contributed by atoms with Crippen molar-refractivity contribution in [3.8, 4) is 0 Å². The molecule has 2 aromatic carbocycles. The molecule has 2 rings (SSSR count). The second kappa shape index (κ2) is 7.81. The molecule has 0 saturated carbocycles. The predicted octanol–water partition coefficient (Wildman–Crippen LogP) is 3.36. The lowest BCUT2D eigenvalue weighted by molar-refractivity contribution is 0.00529. The highest BCUT2D eigenvalue weighted by molar-refractivity contribution is 5.43. The van der Waals surface area contributed by atoms with E-state index < -0.39 is 12.2 Å². The lowest BCUT2D eigenvalue weighted by atomic mass is 9.95. The lowest BCUT2D eigenvalue weighted by Crippen LogP contribution is -2.38. The second-order valence-electron chi connectivity index (χ2n) is 5.25. The number of hydrogen-bond donors (Lipinski definition) is 3. The van der Waals surface area contributed by atoms with E-state index in [0.717, 1.165) is 24.1 Å². The van der Waals surface area contributed by atoms with E-state index in [-0.39, 0.29) is 6.04 Å². The Bertz CT molecular complexity index is 515. The summed E-state index contributed by atoms with van der Waals surface area (Å²) in [4.78, 5) is 0. The van der Waals surface area contributed by atoms with Crippen molar-refractivity contribution in [3.05, 3.63) is 66.2 Å². The van der Waals surface area contributed by atoms with Crippen LogP contribution in [0.15, 0.2) is 60.7 Å². The molecule has 0 aromatic heterocycles. The first-order chi connectivity index (χ1) is 10.2. The number of para-hydroxylation sites is 1. The molecule has 0 amide bonds. The van der Waals surface area contributed by atoms with E-state index in [1.54, 1.807) is 0 Å². The summed E-state index contributed by atoms with van der Waals surface area (Å²) in [5.41, 5.74) is 1.69. The number of rotatable bonds is 7. The Morgan fingerprint density at radius 2 is 1.48 bits per heavy atom. The summed E-state index contributed by atoms with van der Waals surface area (Å²) in [6, 6.07) is 18.9. The number of benzene rings is 2. The van der Waals surface area contributed by atoms with Crippen LogP contribution >= 0.6 is 0 Å². The average Bonchev–Trinajstić information content (AvgIpc) is 2.55. The zero-order valence-corrected chi connectivity index (χ0v) is 12.3. The summed E-state index contributed by atoms with van der Waals surface area (Å²) in [6.07, 6.45) is -0.0187. The van der Waals surface area contributed by atoms with Gasteiger partial charge in [-0.15, -0.1) is 0 Å². The normalized spacial score (nSPS) is 15.2. The highest BCUT2D eigenvalue weighted by Crippen LogP contribution is 2.23. The third-order valence-corrected chi connectivity index (χ3v) is 3.60. The van der Waals surface area contributed by atoms with E-state index >= 15 is 0 Å². The molecule has 0 heterocycles. The maximum atomic E-state index is 10.5. The summed E-state index contributed by atoms with van der Waals surface area (Å²) in [6.45, 7) is 2.07. The van der Waals surface area contributed by atoms with Gasteiger partial charge in [-0.3, -0.25) is 0 Å². The van der Waals surface area contributed by atoms with Crippen molar-refractivity contribution in [1.82, 2.24) is 0 Å². The van der Waals surface area contributed by atoms with Crippen molar-refractivity contribution < 1.29 is 10.2 Å². The van der Waals surface area contributed by atoms with Gasteiger partial charge in [-0.25, -0.2) is 0 Å². The van der Waals surface area contributed by atoms with E-state index in [4.69, 9.17) is 0 Å². The van der Waals surface area contributed by atoms with Crippen molar-refractivity contribution in [1.29, 1.82) is 0 Å². The number of anilines is 1. The highest BCUT2D eigenvalue weighted by atomic mass is 16.3. The maximum absolute atomic E-state index is 10.5. The van der Waals surface area contributed by atoms with Crippen LogP contribution in [0.4, 0.5) is 5.69 Å². The SMILES string of the molecule is CCCC(Nc1ccccc1)[C@@H](O)[C@H](O)c1ccccc1. The summed E-state index contributed by atoms with van der Waals surface area (Å²) >= 11 is 0. The Balaban J connectivity index is 2.10. The molecule has 0 spiro atoms. The standard InChI is InChI=1S/C18H23NO2/c1-2-9-16(19-15-12-7-4-8-13-15)18(21)17(20)14-10-5-3-6-11-14/h3-8,10-13,16-21H,2,9H2,1H3/t16?,17-,18-/m1/s1. The van der Waals surface area contributed by atoms with Gasteiger partial charge in [0.15, 0.2) is 0 Å². The number of nitrogens with one attached hydrogen (secondary N) is 1. The molecule has 3 atom stereocenters. The van der Waals surface area contributed by atoms with E-state index in [9.17, 15) is 10.2 Å². The molecule has 0 aliphatic rings. The van der Waals surface area contributed by atoms with Crippen LogP contribution in [0.3, 0.4) is 0 Å². The second-order valence-corrected chi connectivity index (χ2v) is 5.25. The molecule has 0 fully saturated rings. The van der Waals surface area contributed by atoms with Gasteiger partial charge in [0.25, 0.3) is 0 Å². The first-order valence-corrected chi connectivity index (χ1v) is 7.45. The minimum absolute atomic E-state index is 0.187. The quantitative estimate of drug-likeness (QED) is 0.731. The fourth-order valence-electron chi connectivity index (χ4n) is 2.46. The zero-order chi connectivity index (χ0) is 15.1. The molecule has 1 unspecified atom stereocenters. The first-order valence-electron chi connectivity index (χ1n) is 7.45. The van der Waals surface area contributed by atoms with Gasteiger partial charge in [0, 0.05) is 5.69 Å². The first kappa shape index (κ1) is 15.5. The molecule has 0 saturated heterocycles. The van der Waals surface area contributed by atoms with Gasteiger partial charge < -0.3 is 15.5 Å². The van der Waals surface area contributed by atoms with Gasteiger partial charge in [0.2, 0.25) is 0 Å². The summed E-state index contributed by atoms with van der Waals surface area (Å²) in [5.74, 6) is 0.